The van der Waals surface area contributed by atoms with E-state index >= 15 is 0 Å². The Morgan fingerprint density at radius 1 is 1.11 bits per heavy atom. The molecule has 6 heteroatoms. The van der Waals surface area contributed by atoms with Crippen LogP contribution in [0.25, 0.3) is 0 Å². The SMILES string of the molecule is NC(=O)c1c(NC(=O)CCN2CCCc3ccccc32)sc2c1CCCC2. The Kier molecular flexibility index (Phi) is 5.16. The molecule has 0 saturated carbocycles. The maximum atomic E-state index is 12.6. The van der Waals surface area contributed by atoms with Crippen molar-refractivity contribution in [3.8, 4) is 0 Å². The molecule has 0 bridgehead atoms. The molecule has 2 heterocycles. The first-order valence-corrected chi connectivity index (χ1v) is 10.5. The number of carbonyl (C=O) groups excluding carboxylic acids is 2. The molecule has 0 fully saturated rings. The molecule has 142 valence electrons. The van der Waals surface area contributed by atoms with E-state index in [1.807, 2.05) is 6.07 Å². The Morgan fingerprint density at radius 3 is 2.78 bits per heavy atom. The fourth-order valence-corrected chi connectivity index (χ4v) is 5.49. The number of rotatable bonds is 5. The van der Waals surface area contributed by atoms with Gasteiger partial charge >= 0.3 is 0 Å². The molecule has 2 aliphatic rings. The van der Waals surface area contributed by atoms with Gasteiger partial charge in [-0.05, 0) is 55.7 Å². The van der Waals surface area contributed by atoms with Crippen LogP contribution in [0.2, 0.25) is 0 Å². The summed E-state index contributed by atoms with van der Waals surface area (Å²) < 4.78 is 0. The molecule has 1 aliphatic carbocycles. The van der Waals surface area contributed by atoms with Crippen LogP contribution in [-0.2, 0) is 24.1 Å². The Bertz CT molecular complexity index is 874. The zero-order chi connectivity index (χ0) is 18.8. The van der Waals surface area contributed by atoms with E-state index < -0.39 is 5.91 Å². The van der Waals surface area contributed by atoms with Crippen molar-refractivity contribution < 1.29 is 9.59 Å². The minimum absolute atomic E-state index is 0.0563. The van der Waals surface area contributed by atoms with E-state index in [1.54, 1.807) is 0 Å². The Morgan fingerprint density at radius 2 is 1.93 bits per heavy atom. The van der Waals surface area contributed by atoms with Gasteiger partial charge < -0.3 is 16.0 Å². The standard InChI is InChI=1S/C21H25N3O2S/c22-20(26)19-15-8-2-4-10-17(15)27-21(19)23-18(25)11-13-24-12-5-7-14-6-1-3-9-16(14)24/h1,3,6,9H,2,4-5,7-8,10-13H2,(H2,22,26)(H,23,25). The van der Waals surface area contributed by atoms with Gasteiger partial charge in [0.05, 0.1) is 5.56 Å². The maximum absolute atomic E-state index is 12.6. The van der Waals surface area contributed by atoms with E-state index in [-0.39, 0.29) is 5.91 Å². The monoisotopic (exact) mass is 383 g/mol. The van der Waals surface area contributed by atoms with Crippen molar-refractivity contribution in [3.63, 3.8) is 0 Å². The third kappa shape index (κ3) is 3.72. The molecular weight excluding hydrogens is 358 g/mol. The number of fused-ring (bicyclic) bond motifs is 2. The lowest BCUT2D eigenvalue weighted by molar-refractivity contribution is -0.116. The van der Waals surface area contributed by atoms with E-state index in [0.717, 1.165) is 50.6 Å². The molecule has 0 atom stereocenters. The van der Waals surface area contributed by atoms with Crippen molar-refractivity contribution in [1.29, 1.82) is 0 Å². The number of anilines is 2. The second-order valence-corrected chi connectivity index (χ2v) is 8.40. The summed E-state index contributed by atoms with van der Waals surface area (Å²) in [6.45, 7) is 1.66. The van der Waals surface area contributed by atoms with Gasteiger partial charge in [0, 0.05) is 30.1 Å². The quantitative estimate of drug-likeness (QED) is 0.830. The van der Waals surface area contributed by atoms with E-state index in [1.165, 1.54) is 27.5 Å². The van der Waals surface area contributed by atoms with Gasteiger partial charge in [-0.1, -0.05) is 18.2 Å². The third-order valence-electron chi connectivity index (χ3n) is 5.49. The van der Waals surface area contributed by atoms with Crippen LogP contribution in [0.4, 0.5) is 10.7 Å². The summed E-state index contributed by atoms with van der Waals surface area (Å²) >= 11 is 1.52. The minimum atomic E-state index is -0.436. The molecule has 4 rings (SSSR count). The molecular formula is C21H25N3O2S. The summed E-state index contributed by atoms with van der Waals surface area (Å²) in [4.78, 5) is 28.0. The number of thiophene rings is 1. The summed E-state index contributed by atoms with van der Waals surface area (Å²) in [7, 11) is 0. The molecule has 2 aromatic rings. The van der Waals surface area contributed by atoms with Gasteiger partial charge in [-0.15, -0.1) is 11.3 Å². The lowest BCUT2D eigenvalue weighted by Crippen LogP contribution is -2.32. The van der Waals surface area contributed by atoms with E-state index in [0.29, 0.717) is 23.5 Å². The number of nitrogens with zero attached hydrogens (tertiary/aromatic N) is 1. The van der Waals surface area contributed by atoms with Crippen LogP contribution in [0.5, 0.6) is 0 Å². The Hall–Kier alpha value is -2.34. The van der Waals surface area contributed by atoms with Gasteiger partial charge in [-0.3, -0.25) is 9.59 Å². The van der Waals surface area contributed by atoms with Gasteiger partial charge in [0.2, 0.25) is 5.91 Å². The highest BCUT2D eigenvalue weighted by molar-refractivity contribution is 7.17. The van der Waals surface area contributed by atoms with Crippen molar-refractivity contribution in [1.82, 2.24) is 0 Å². The van der Waals surface area contributed by atoms with Crippen LogP contribution >= 0.6 is 11.3 Å². The van der Waals surface area contributed by atoms with Crippen molar-refractivity contribution in [3.05, 3.63) is 45.8 Å². The molecule has 0 unspecified atom stereocenters. The number of amides is 2. The van der Waals surface area contributed by atoms with Crippen LogP contribution in [0, 0.1) is 0 Å². The smallest absolute Gasteiger partial charge is 0.251 e. The number of carbonyl (C=O) groups is 2. The molecule has 0 saturated heterocycles. The predicted octanol–water partition coefficient (Wildman–Crippen LogP) is 3.51. The first kappa shape index (κ1) is 18.0. The second-order valence-electron chi connectivity index (χ2n) is 7.30. The average molecular weight is 384 g/mol. The molecule has 27 heavy (non-hydrogen) atoms. The number of aryl methyl sites for hydroxylation is 2. The molecule has 0 radical (unpaired) electrons. The summed E-state index contributed by atoms with van der Waals surface area (Å²) in [5, 5.41) is 3.60. The van der Waals surface area contributed by atoms with Crippen LogP contribution < -0.4 is 16.0 Å². The number of benzene rings is 1. The largest absolute Gasteiger partial charge is 0.371 e. The predicted molar refractivity (Wildman–Crippen MR) is 110 cm³/mol. The zero-order valence-corrected chi connectivity index (χ0v) is 16.2. The number of nitrogens with two attached hydrogens (primary N) is 1. The second kappa shape index (κ2) is 7.72. The third-order valence-corrected chi connectivity index (χ3v) is 6.69. The molecule has 1 aromatic carbocycles. The highest BCUT2D eigenvalue weighted by Crippen LogP contribution is 2.38. The first-order valence-electron chi connectivity index (χ1n) is 9.70. The first-order chi connectivity index (χ1) is 13.1. The van der Waals surface area contributed by atoms with Crippen LogP contribution in [0.1, 0.15) is 52.0 Å². The fraction of sp³-hybridized carbons (Fsp3) is 0.429. The number of para-hydroxylation sites is 1. The van der Waals surface area contributed by atoms with Crippen LogP contribution in [-0.4, -0.2) is 24.9 Å². The lowest BCUT2D eigenvalue weighted by Gasteiger charge is -2.31. The topological polar surface area (TPSA) is 75.4 Å². The Balaban J connectivity index is 1.44. The van der Waals surface area contributed by atoms with Gasteiger partial charge in [0.15, 0.2) is 0 Å². The molecule has 1 aliphatic heterocycles. The van der Waals surface area contributed by atoms with Crippen molar-refractivity contribution in [2.75, 3.05) is 23.3 Å². The van der Waals surface area contributed by atoms with E-state index in [9.17, 15) is 9.59 Å². The van der Waals surface area contributed by atoms with Gasteiger partial charge in [0.25, 0.3) is 5.91 Å². The van der Waals surface area contributed by atoms with Crippen LogP contribution in [0.15, 0.2) is 24.3 Å². The number of primary amides is 1. The summed E-state index contributed by atoms with van der Waals surface area (Å²) in [5.41, 5.74) is 9.79. The molecule has 2 amide bonds. The fourth-order valence-electron chi connectivity index (χ4n) is 4.18. The number of nitrogens with one attached hydrogen (secondary N) is 1. The average Bonchev–Trinajstić information content (AvgIpc) is 3.04. The van der Waals surface area contributed by atoms with Gasteiger partial charge in [-0.2, -0.15) is 0 Å². The molecule has 5 nitrogen and oxygen atoms in total. The highest BCUT2D eigenvalue weighted by atomic mass is 32.1. The summed E-state index contributed by atoms with van der Waals surface area (Å²) in [6.07, 6.45) is 6.67. The van der Waals surface area contributed by atoms with E-state index in [2.05, 4.69) is 28.4 Å². The van der Waals surface area contributed by atoms with Crippen molar-refractivity contribution in [2.24, 2.45) is 5.73 Å². The molecule has 3 N–H and O–H groups in total. The highest BCUT2D eigenvalue weighted by Gasteiger charge is 2.25. The molecule has 0 spiro atoms. The molecule has 1 aromatic heterocycles. The van der Waals surface area contributed by atoms with Gasteiger partial charge in [0.1, 0.15) is 5.00 Å². The normalized spacial score (nSPS) is 15.8. The lowest BCUT2D eigenvalue weighted by atomic mass is 9.95. The number of hydrogen-bond donors (Lipinski definition) is 2. The van der Waals surface area contributed by atoms with Crippen molar-refractivity contribution >= 4 is 33.8 Å². The van der Waals surface area contributed by atoms with Crippen molar-refractivity contribution in [2.45, 2.75) is 44.9 Å². The van der Waals surface area contributed by atoms with Crippen LogP contribution in [0.3, 0.4) is 0 Å². The van der Waals surface area contributed by atoms with Gasteiger partial charge in [-0.25, -0.2) is 0 Å². The summed E-state index contributed by atoms with van der Waals surface area (Å²) in [5.74, 6) is -0.492. The summed E-state index contributed by atoms with van der Waals surface area (Å²) in [6, 6.07) is 8.41. The van der Waals surface area contributed by atoms with E-state index in [4.69, 9.17) is 5.73 Å². The minimum Gasteiger partial charge on any atom is -0.371 e. The number of hydrogen-bond acceptors (Lipinski definition) is 4. The zero-order valence-electron chi connectivity index (χ0n) is 15.4. The Labute approximate surface area is 163 Å². The maximum Gasteiger partial charge on any atom is 0.251 e.